The molecule has 0 aromatic heterocycles. The molecular formula is C15H40O8Si6. The molecule has 14 heteroatoms. The zero-order chi connectivity index (χ0) is 23.5. The lowest BCUT2D eigenvalue weighted by molar-refractivity contribution is -0.130. The maximum absolute atomic E-state index is 11.6. The first kappa shape index (κ1) is 29.3. The van der Waals surface area contributed by atoms with E-state index in [2.05, 4.69) is 6.58 Å². The minimum Gasteiger partial charge on any atom is -0.492 e. The van der Waals surface area contributed by atoms with E-state index in [-0.39, 0.29) is 0 Å². The molecule has 0 radical (unpaired) electrons. The normalized spacial score (nSPS) is 14.7. The Balaban J connectivity index is 5.15. The maximum atomic E-state index is 11.6. The predicted octanol–water partition coefficient (Wildman–Crippen LogP) is 4.00. The Labute approximate surface area is 183 Å². The van der Waals surface area contributed by atoms with E-state index < -0.39 is 57.3 Å². The fourth-order valence-corrected chi connectivity index (χ4v) is 30.0. The van der Waals surface area contributed by atoms with E-state index in [4.69, 9.17) is 25.0 Å². The summed E-state index contributed by atoms with van der Waals surface area (Å²) >= 11 is 0. The van der Waals surface area contributed by atoms with Gasteiger partial charge < -0.3 is 29.8 Å². The summed E-state index contributed by atoms with van der Waals surface area (Å²) in [5, 5.41) is 0. The van der Waals surface area contributed by atoms with Crippen molar-refractivity contribution < 1.29 is 34.6 Å². The van der Waals surface area contributed by atoms with Gasteiger partial charge in [-0.3, -0.25) is 0 Å². The molecule has 29 heavy (non-hydrogen) atoms. The zero-order valence-corrected chi connectivity index (χ0v) is 26.1. The van der Waals surface area contributed by atoms with Crippen LogP contribution in [0.1, 0.15) is 0 Å². The quantitative estimate of drug-likeness (QED) is 0.307. The van der Waals surface area contributed by atoms with Crippen LogP contribution in [0.5, 0.6) is 0 Å². The molecule has 0 amide bonds. The summed E-state index contributed by atoms with van der Waals surface area (Å²) in [6, 6.07) is 0. The van der Waals surface area contributed by atoms with Crippen molar-refractivity contribution in [3.63, 3.8) is 0 Å². The molecule has 0 unspecified atom stereocenters. The second-order valence-electron chi connectivity index (χ2n) is 9.58. The molecule has 0 heterocycles. The summed E-state index contributed by atoms with van der Waals surface area (Å²) in [6.07, 6.45) is 1.13. The van der Waals surface area contributed by atoms with E-state index in [1.165, 1.54) is 0 Å². The highest BCUT2D eigenvalue weighted by atomic mass is 28.5. The number of hydrogen-bond donors (Lipinski definition) is 1. The van der Waals surface area contributed by atoms with Crippen LogP contribution in [0.4, 0.5) is 0 Å². The molecule has 0 bridgehead atoms. The maximum Gasteiger partial charge on any atom is 0.386 e. The highest BCUT2D eigenvalue weighted by Crippen LogP contribution is 2.27. The van der Waals surface area contributed by atoms with E-state index in [1.54, 1.807) is 26.2 Å². The summed E-state index contributed by atoms with van der Waals surface area (Å²) in [5.74, 6) is -0.497. The smallest absolute Gasteiger partial charge is 0.386 e. The minimum absolute atomic E-state index is 0.497. The Kier molecular flexibility index (Phi) is 9.91. The monoisotopic (exact) mass is 516 g/mol. The van der Waals surface area contributed by atoms with Gasteiger partial charge in [0.05, 0.1) is 0 Å². The molecule has 0 spiro atoms. The molecule has 0 atom stereocenters. The van der Waals surface area contributed by atoms with Crippen molar-refractivity contribution in [2.45, 2.75) is 78.6 Å². The van der Waals surface area contributed by atoms with E-state index in [9.17, 15) is 9.59 Å². The van der Waals surface area contributed by atoms with Gasteiger partial charge in [0.2, 0.25) is 0 Å². The molecule has 0 aliphatic rings. The summed E-state index contributed by atoms with van der Waals surface area (Å²) in [6.45, 7) is 25.9. The molecular weight excluding hydrogens is 477 g/mol. The van der Waals surface area contributed by atoms with Gasteiger partial charge >= 0.3 is 57.3 Å². The summed E-state index contributed by atoms with van der Waals surface area (Å²) in [7, 11) is -15.9. The molecule has 0 aromatic rings. The van der Waals surface area contributed by atoms with Crippen molar-refractivity contribution in [2.24, 2.45) is 0 Å². The van der Waals surface area contributed by atoms with E-state index in [1.807, 2.05) is 52.4 Å². The molecule has 0 fully saturated rings. The second-order valence-corrected chi connectivity index (χ2v) is 30.8. The zero-order valence-electron chi connectivity index (χ0n) is 20.1. The van der Waals surface area contributed by atoms with Crippen LogP contribution in [-0.2, 0) is 29.8 Å². The van der Waals surface area contributed by atoms with Gasteiger partial charge in [0, 0.05) is 6.08 Å². The molecule has 0 saturated heterocycles. The molecule has 0 saturated carbocycles. The fraction of sp³-hybridized carbons (Fsp3) is 0.800. The Morgan fingerprint density at radius 2 is 0.897 bits per heavy atom. The molecule has 0 aliphatic heterocycles. The van der Waals surface area contributed by atoms with Gasteiger partial charge in [-0.15, -0.1) is 0 Å². The van der Waals surface area contributed by atoms with Gasteiger partial charge in [-0.2, -0.15) is 0 Å². The van der Waals surface area contributed by atoms with E-state index in [0.29, 0.717) is 0 Å². The first-order chi connectivity index (χ1) is 12.5. The Morgan fingerprint density at radius 1 is 0.621 bits per heavy atom. The minimum atomic E-state index is -2.72. The van der Waals surface area contributed by atoms with Crippen LogP contribution in [0.3, 0.4) is 0 Å². The van der Waals surface area contributed by atoms with Crippen LogP contribution in [0.25, 0.3) is 0 Å². The Bertz CT molecular complexity index is 586. The topological polar surface area (TPSA) is 92.7 Å². The highest BCUT2D eigenvalue weighted by Gasteiger charge is 2.48. The third-order valence-electron chi connectivity index (χ3n) is 2.97. The Hall–Kier alpha value is 0.271. The lowest BCUT2D eigenvalue weighted by atomic mass is 10.7. The van der Waals surface area contributed by atoms with Crippen LogP contribution >= 0.6 is 0 Å². The predicted molar refractivity (Wildman–Crippen MR) is 129 cm³/mol. The lowest BCUT2D eigenvalue weighted by Gasteiger charge is -2.42. The van der Waals surface area contributed by atoms with Crippen LogP contribution in [-0.4, -0.2) is 62.1 Å². The average Bonchev–Trinajstić information content (AvgIpc) is 2.27. The fourth-order valence-electron chi connectivity index (χ4n) is 3.36. The number of carbonyl (C=O) groups is 1. The third kappa shape index (κ3) is 14.0. The molecule has 0 aromatic carbocycles. The first-order valence-electron chi connectivity index (χ1n) is 9.57. The number of carbonyl (C=O) groups excluding carboxylic acids is 1. The van der Waals surface area contributed by atoms with Gasteiger partial charge in [-0.25, -0.2) is 4.79 Å². The van der Waals surface area contributed by atoms with Gasteiger partial charge in [0.25, 0.3) is 0 Å². The van der Waals surface area contributed by atoms with Gasteiger partial charge in [0.1, 0.15) is 0 Å². The van der Waals surface area contributed by atoms with Crippen molar-refractivity contribution in [3.8, 4) is 0 Å². The first-order valence-corrected chi connectivity index (χ1v) is 26.5. The van der Waals surface area contributed by atoms with Crippen LogP contribution in [0.2, 0.25) is 78.6 Å². The van der Waals surface area contributed by atoms with Crippen molar-refractivity contribution in [2.75, 3.05) is 0 Å². The average molecular weight is 517 g/mol. The van der Waals surface area contributed by atoms with E-state index in [0.717, 1.165) is 6.08 Å². The molecule has 0 rings (SSSR count). The van der Waals surface area contributed by atoms with Crippen molar-refractivity contribution in [3.05, 3.63) is 12.7 Å². The lowest BCUT2D eigenvalue weighted by Crippen LogP contribution is -2.60. The summed E-state index contributed by atoms with van der Waals surface area (Å²) < 4.78 is 36.5. The van der Waals surface area contributed by atoms with Crippen LogP contribution in [0.15, 0.2) is 12.7 Å². The van der Waals surface area contributed by atoms with E-state index >= 15 is 0 Å². The third-order valence-corrected chi connectivity index (χ3v) is 23.4. The highest BCUT2D eigenvalue weighted by molar-refractivity contribution is 6.90. The van der Waals surface area contributed by atoms with Gasteiger partial charge in [-0.1, -0.05) is 6.58 Å². The second kappa shape index (κ2) is 9.82. The van der Waals surface area contributed by atoms with Gasteiger partial charge in [-0.05, 0) is 78.6 Å². The van der Waals surface area contributed by atoms with Crippen LogP contribution in [0, 0.1) is 0 Å². The SMILES string of the molecule is C=CC(=O)O[Si](C)(C)O[Si](C)(C)O[Si](C)(C)O[Si](C)(C)O[Si](C)(C)O[Si](C)(C)O. The largest absolute Gasteiger partial charge is 0.492 e. The molecule has 8 nitrogen and oxygen atoms in total. The summed E-state index contributed by atoms with van der Waals surface area (Å²) in [5.41, 5.74) is 0. The number of hydrogen-bond acceptors (Lipinski definition) is 8. The van der Waals surface area contributed by atoms with Crippen molar-refractivity contribution in [1.29, 1.82) is 0 Å². The molecule has 0 aliphatic carbocycles. The molecule has 172 valence electrons. The van der Waals surface area contributed by atoms with Crippen LogP contribution < -0.4 is 0 Å². The summed E-state index contributed by atoms with van der Waals surface area (Å²) in [4.78, 5) is 21.7. The Morgan fingerprint density at radius 3 is 1.17 bits per heavy atom. The van der Waals surface area contributed by atoms with Crippen molar-refractivity contribution in [1.82, 2.24) is 0 Å². The van der Waals surface area contributed by atoms with Crippen molar-refractivity contribution >= 4 is 57.3 Å². The molecule has 1 N–H and O–H groups in total. The standard InChI is InChI=1S/C15H40O8Si6/c1-14-15(16)18-25(4,5)20-27(8,9)22-29(12,13)23-28(10,11)21-26(6,7)19-24(2,3)17/h14,17H,1H2,2-13H3. The van der Waals surface area contributed by atoms with Gasteiger partial charge in [0.15, 0.2) is 0 Å². The number of rotatable bonds is 12.